The second-order valence-electron chi connectivity index (χ2n) is 7.01. The summed E-state index contributed by atoms with van der Waals surface area (Å²) < 4.78 is 11.0. The van der Waals surface area contributed by atoms with E-state index in [1.807, 2.05) is 6.07 Å². The fourth-order valence-corrected chi connectivity index (χ4v) is 3.28. The zero-order valence-corrected chi connectivity index (χ0v) is 15.6. The van der Waals surface area contributed by atoms with Crippen LogP contribution in [0.25, 0.3) is 0 Å². The van der Waals surface area contributed by atoms with Crippen LogP contribution in [0.15, 0.2) is 42.9 Å². The number of pyridine rings is 2. The molecule has 4 rings (SSSR count). The molecular formula is C20H22N4O4. The molecule has 8 nitrogen and oxygen atoms in total. The number of methoxy groups -OCH3 is 1. The van der Waals surface area contributed by atoms with Crippen LogP contribution >= 0.6 is 0 Å². The second kappa shape index (κ2) is 7.84. The summed E-state index contributed by atoms with van der Waals surface area (Å²) in [5.41, 5.74) is 0.409. The number of nitrogens with zero attached hydrogens (tertiary/aromatic N) is 3. The van der Waals surface area contributed by atoms with Crippen molar-refractivity contribution in [3.8, 4) is 11.6 Å². The lowest BCUT2D eigenvalue weighted by Crippen LogP contribution is -2.46. The number of ether oxygens (including phenoxy) is 2. The van der Waals surface area contributed by atoms with Gasteiger partial charge in [-0.1, -0.05) is 0 Å². The van der Waals surface area contributed by atoms with Gasteiger partial charge in [0.2, 0.25) is 11.8 Å². The molecule has 3 heterocycles. The van der Waals surface area contributed by atoms with Crippen molar-refractivity contribution in [3.05, 3.63) is 48.4 Å². The van der Waals surface area contributed by atoms with E-state index in [1.165, 1.54) is 13.3 Å². The van der Waals surface area contributed by atoms with Crippen molar-refractivity contribution in [3.63, 3.8) is 0 Å². The highest BCUT2D eigenvalue weighted by Gasteiger charge is 2.42. The van der Waals surface area contributed by atoms with Crippen molar-refractivity contribution >= 4 is 11.8 Å². The number of carbonyl (C=O) groups is 2. The van der Waals surface area contributed by atoms with Crippen LogP contribution in [-0.2, 0) is 4.79 Å². The van der Waals surface area contributed by atoms with Crippen LogP contribution in [0.4, 0.5) is 0 Å². The van der Waals surface area contributed by atoms with Crippen LogP contribution in [0.1, 0.15) is 29.6 Å². The summed E-state index contributed by atoms with van der Waals surface area (Å²) in [5.74, 6) is 0.672. The Morgan fingerprint density at radius 2 is 2.07 bits per heavy atom. The van der Waals surface area contributed by atoms with Crippen molar-refractivity contribution in [1.29, 1.82) is 0 Å². The Morgan fingerprint density at radius 1 is 1.21 bits per heavy atom. The quantitative estimate of drug-likeness (QED) is 0.812. The number of carbonyl (C=O) groups excluding carboxylic acids is 2. The first-order chi connectivity index (χ1) is 13.6. The van der Waals surface area contributed by atoms with E-state index in [4.69, 9.17) is 9.47 Å². The third-order valence-electron chi connectivity index (χ3n) is 4.88. The molecule has 28 heavy (non-hydrogen) atoms. The van der Waals surface area contributed by atoms with E-state index in [9.17, 15) is 9.59 Å². The first kappa shape index (κ1) is 18.2. The standard InChI is InChI=1S/C20H22N4O4/c1-27-18-7-4-13(10-22-18)20(26)24-12-16(28-15-3-2-8-21-11-15)9-17(24)19(25)23-14-5-6-14/h2-4,7-8,10-11,14,16-17H,5-6,9,12H2,1H3,(H,23,25)/t16-,17-/m0/s1. The minimum absolute atomic E-state index is 0.130. The third kappa shape index (κ3) is 4.05. The second-order valence-corrected chi connectivity index (χ2v) is 7.01. The van der Waals surface area contributed by atoms with Crippen LogP contribution < -0.4 is 14.8 Å². The number of amides is 2. The lowest BCUT2D eigenvalue weighted by Gasteiger charge is -2.23. The van der Waals surface area contributed by atoms with Gasteiger partial charge in [-0.15, -0.1) is 0 Å². The molecule has 0 unspecified atom stereocenters. The minimum atomic E-state index is -0.572. The summed E-state index contributed by atoms with van der Waals surface area (Å²) in [7, 11) is 1.52. The Balaban J connectivity index is 1.52. The molecule has 2 aliphatic rings. The van der Waals surface area contributed by atoms with E-state index < -0.39 is 6.04 Å². The number of hydrogen-bond acceptors (Lipinski definition) is 6. The normalized spacial score (nSPS) is 21.2. The number of nitrogens with one attached hydrogen (secondary N) is 1. The fourth-order valence-electron chi connectivity index (χ4n) is 3.28. The minimum Gasteiger partial charge on any atom is -0.487 e. The van der Waals surface area contributed by atoms with E-state index >= 15 is 0 Å². The Labute approximate surface area is 162 Å². The molecule has 2 aromatic heterocycles. The summed E-state index contributed by atoms with van der Waals surface area (Å²) in [6.45, 7) is 0.322. The van der Waals surface area contributed by atoms with Crippen LogP contribution in [0.5, 0.6) is 11.6 Å². The van der Waals surface area contributed by atoms with Crippen molar-refractivity contribution in [2.75, 3.05) is 13.7 Å². The summed E-state index contributed by atoms with van der Waals surface area (Å²) >= 11 is 0. The molecule has 0 aromatic carbocycles. The summed E-state index contributed by atoms with van der Waals surface area (Å²) in [6.07, 6.45) is 6.88. The van der Waals surface area contributed by atoms with Crippen LogP contribution in [0.3, 0.4) is 0 Å². The molecule has 2 aromatic rings. The van der Waals surface area contributed by atoms with Crippen molar-refractivity contribution in [1.82, 2.24) is 20.2 Å². The van der Waals surface area contributed by atoms with Gasteiger partial charge in [-0.25, -0.2) is 4.98 Å². The number of rotatable bonds is 6. The highest BCUT2D eigenvalue weighted by Crippen LogP contribution is 2.26. The van der Waals surface area contributed by atoms with Crippen LogP contribution in [-0.4, -0.2) is 58.5 Å². The van der Waals surface area contributed by atoms with E-state index in [0.717, 1.165) is 12.8 Å². The molecule has 2 fully saturated rings. The van der Waals surface area contributed by atoms with E-state index in [0.29, 0.717) is 30.2 Å². The van der Waals surface area contributed by atoms with Gasteiger partial charge >= 0.3 is 0 Å². The molecule has 0 bridgehead atoms. The molecule has 0 radical (unpaired) electrons. The molecular weight excluding hydrogens is 360 g/mol. The molecule has 1 N–H and O–H groups in total. The maximum Gasteiger partial charge on any atom is 0.256 e. The average Bonchev–Trinajstić information content (AvgIpc) is 3.44. The Kier molecular flexibility index (Phi) is 5.10. The van der Waals surface area contributed by atoms with E-state index in [1.54, 1.807) is 35.5 Å². The van der Waals surface area contributed by atoms with E-state index in [-0.39, 0.29) is 24.0 Å². The van der Waals surface area contributed by atoms with Crippen molar-refractivity contribution < 1.29 is 19.1 Å². The molecule has 146 valence electrons. The van der Waals surface area contributed by atoms with Gasteiger partial charge in [-0.3, -0.25) is 14.6 Å². The first-order valence-corrected chi connectivity index (χ1v) is 9.32. The monoisotopic (exact) mass is 382 g/mol. The Bertz CT molecular complexity index is 839. The molecule has 2 atom stereocenters. The van der Waals surface area contributed by atoms with E-state index in [2.05, 4.69) is 15.3 Å². The smallest absolute Gasteiger partial charge is 0.256 e. The topological polar surface area (TPSA) is 93.6 Å². The van der Waals surface area contributed by atoms with Gasteiger partial charge in [-0.2, -0.15) is 0 Å². The molecule has 1 aliphatic heterocycles. The maximum absolute atomic E-state index is 13.1. The van der Waals surface area contributed by atoms with Gasteiger partial charge in [-0.05, 0) is 31.0 Å². The molecule has 1 saturated heterocycles. The number of hydrogen-bond donors (Lipinski definition) is 1. The maximum atomic E-state index is 13.1. The lowest BCUT2D eigenvalue weighted by atomic mass is 10.1. The lowest BCUT2D eigenvalue weighted by molar-refractivity contribution is -0.125. The highest BCUT2D eigenvalue weighted by atomic mass is 16.5. The Morgan fingerprint density at radius 3 is 2.71 bits per heavy atom. The molecule has 1 aliphatic carbocycles. The zero-order valence-electron chi connectivity index (χ0n) is 15.6. The van der Waals surface area contributed by atoms with Gasteiger partial charge in [0, 0.05) is 30.9 Å². The average molecular weight is 382 g/mol. The predicted molar refractivity (Wildman–Crippen MR) is 100 cm³/mol. The summed E-state index contributed by atoms with van der Waals surface area (Å²) in [6, 6.07) is 6.53. The highest BCUT2D eigenvalue weighted by molar-refractivity contribution is 5.98. The molecule has 1 saturated carbocycles. The van der Waals surface area contributed by atoms with Gasteiger partial charge in [0.05, 0.1) is 25.4 Å². The third-order valence-corrected chi connectivity index (χ3v) is 4.88. The Hall–Kier alpha value is -3.16. The van der Waals surface area contributed by atoms with Crippen LogP contribution in [0, 0.1) is 0 Å². The first-order valence-electron chi connectivity index (χ1n) is 9.32. The summed E-state index contributed by atoms with van der Waals surface area (Å²) in [5, 5.41) is 3.00. The SMILES string of the molecule is COc1ccc(C(=O)N2C[C@@H](Oc3cccnc3)C[C@H]2C(=O)NC2CC2)cn1. The molecule has 8 heteroatoms. The zero-order chi connectivity index (χ0) is 19.5. The van der Waals surface area contributed by atoms with Crippen molar-refractivity contribution in [2.45, 2.75) is 37.5 Å². The predicted octanol–water partition coefficient (Wildman–Crippen LogP) is 1.43. The van der Waals surface area contributed by atoms with Gasteiger partial charge in [0.15, 0.2) is 0 Å². The number of aromatic nitrogens is 2. The van der Waals surface area contributed by atoms with Gasteiger partial charge < -0.3 is 19.7 Å². The largest absolute Gasteiger partial charge is 0.487 e. The van der Waals surface area contributed by atoms with Crippen LogP contribution in [0.2, 0.25) is 0 Å². The summed E-state index contributed by atoms with van der Waals surface area (Å²) in [4.78, 5) is 35.5. The van der Waals surface area contributed by atoms with Crippen molar-refractivity contribution in [2.24, 2.45) is 0 Å². The molecule has 0 spiro atoms. The molecule has 2 amide bonds. The van der Waals surface area contributed by atoms with Gasteiger partial charge in [0.25, 0.3) is 5.91 Å². The fraction of sp³-hybridized carbons (Fsp3) is 0.400. The van der Waals surface area contributed by atoms with Gasteiger partial charge in [0.1, 0.15) is 17.9 Å². The number of likely N-dealkylation sites (tertiary alicyclic amines) is 1.